The lowest BCUT2D eigenvalue weighted by Gasteiger charge is -2.36. The van der Waals surface area contributed by atoms with Crippen molar-refractivity contribution in [2.75, 3.05) is 33.3 Å². The van der Waals surface area contributed by atoms with Gasteiger partial charge in [0.15, 0.2) is 0 Å². The van der Waals surface area contributed by atoms with E-state index in [2.05, 4.69) is 49.2 Å². The Labute approximate surface area is 116 Å². The topological polar surface area (TPSA) is 24.5 Å². The lowest BCUT2D eigenvalue weighted by atomic mass is 9.96. The molecule has 1 heterocycles. The molecule has 19 heavy (non-hydrogen) atoms. The first-order chi connectivity index (χ1) is 9.15. The predicted octanol–water partition coefficient (Wildman–Crippen LogP) is 2.28. The fourth-order valence-corrected chi connectivity index (χ4v) is 2.75. The second-order valence-electron chi connectivity index (χ2n) is 5.41. The van der Waals surface area contributed by atoms with E-state index in [1.807, 2.05) is 7.05 Å². The molecule has 1 aliphatic heterocycles. The van der Waals surface area contributed by atoms with E-state index in [4.69, 9.17) is 4.74 Å². The second kappa shape index (κ2) is 6.51. The summed E-state index contributed by atoms with van der Waals surface area (Å²) in [6, 6.07) is 6.98. The third-order valence-electron chi connectivity index (χ3n) is 4.20. The van der Waals surface area contributed by atoms with Gasteiger partial charge in [-0.3, -0.25) is 4.90 Å². The molecule has 1 saturated heterocycles. The third-order valence-corrected chi connectivity index (χ3v) is 4.20. The Kier molecular flexibility index (Phi) is 4.97. The van der Waals surface area contributed by atoms with Gasteiger partial charge in [-0.1, -0.05) is 25.1 Å². The number of hydrogen-bond acceptors (Lipinski definition) is 3. The van der Waals surface area contributed by atoms with E-state index in [1.54, 1.807) is 0 Å². The third kappa shape index (κ3) is 3.35. The highest BCUT2D eigenvalue weighted by atomic mass is 16.5. The van der Waals surface area contributed by atoms with Crippen molar-refractivity contribution in [3.05, 3.63) is 34.9 Å². The fraction of sp³-hybridized carbons (Fsp3) is 0.625. The van der Waals surface area contributed by atoms with Gasteiger partial charge in [0.2, 0.25) is 0 Å². The first-order valence-electron chi connectivity index (χ1n) is 7.24. The van der Waals surface area contributed by atoms with Crippen LogP contribution in [0.1, 0.15) is 29.7 Å². The van der Waals surface area contributed by atoms with Crippen LogP contribution in [0.5, 0.6) is 0 Å². The second-order valence-corrected chi connectivity index (χ2v) is 5.41. The van der Waals surface area contributed by atoms with Crippen LogP contribution in [-0.2, 0) is 4.74 Å². The van der Waals surface area contributed by atoms with Gasteiger partial charge in [0.25, 0.3) is 0 Å². The summed E-state index contributed by atoms with van der Waals surface area (Å²) in [5.41, 5.74) is 4.02. The van der Waals surface area contributed by atoms with E-state index < -0.39 is 0 Å². The number of morpholine rings is 1. The number of aryl methyl sites for hydroxylation is 2. The van der Waals surface area contributed by atoms with E-state index in [1.165, 1.54) is 16.7 Å². The van der Waals surface area contributed by atoms with Crippen LogP contribution in [0.4, 0.5) is 0 Å². The smallest absolute Gasteiger partial charge is 0.0896 e. The standard InChI is InChI=1S/C16H26N2O/c1-5-18-8-9-19-15(11-18)16(17-4)14-7-6-12(2)13(3)10-14/h6-7,10,15-17H,5,8-9,11H2,1-4H3. The molecule has 0 aliphatic carbocycles. The fourth-order valence-electron chi connectivity index (χ4n) is 2.75. The van der Waals surface area contributed by atoms with Gasteiger partial charge in [0.1, 0.15) is 0 Å². The number of benzene rings is 1. The number of rotatable bonds is 4. The minimum Gasteiger partial charge on any atom is -0.374 e. The maximum Gasteiger partial charge on any atom is 0.0896 e. The first kappa shape index (κ1) is 14.5. The lowest BCUT2D eigenvalue weighted by Crippen LogP contribution is -2.47. The predicted molar refractivity (Wildman–Crippen MR) is 79.6 cm³/mol. The number of ether oxygens (including phenoxy) is 1. The van der Waals surface area contributed by atoms with E-state index in [9.17, 15) is 0 Å². The molecule has 2 unspecified atom stereocenters. The minimum absolute atomic E-state index is 0.237. The Bertz CT molecular complexity index is 419. The SMILES string of the molecule is CCN1CCOC(C(NC)c2ccc(C)c(C)c2)C1. The Morgan fingerprint density at radius 2 is 2.16 bits per heavy atom. The summed E-state index contributed by atoms with van der Waals surface area (Å²) >= 11 is 0. The van der Waals surface area contributed by atoms with E-state index >= 15 is 0 Å². The highest BCUT2D eigenvalue weighted by Crippen LogP contribution is 2.24. The highest BCUT2D eigenvalue weighted by molar-refractivity contribution is 5.32. The highest BCUT2D eigenvalue weighted by Gasteiger charge is 2.27. The zero-order valence-corrected chi connectivity index (χ0v) is 12.6. The van der Waals surface area contributed by atoms with Crippen molar-refractivity contribution in [3.8, 4) is 0 Å². The Hall–Kier alpha value is -0.900. The molecule has 0 radical (unpaired) electrons. The normalized spacial score (nSPS) is 22.4. The molecule has 1 N–H and O–H groups in total. The van der Waals surface area contributed by atoms with Crippen molar-refractivity contribution >= 4 is 0 Å². The minimum atomic E-state index is 0.237. The van der Waals surface area contributed by atoms with Crippen molar-refractivity contribution in [1.29, 1.82) is 0 Å². The molecule has 3 nitrogen and oxygen atoms in total. The summed E-state index contributed by atoms with van der Waals surface area (Å²) in [5, 5.41) is 3.43. The van der Waals surface area contributed by atoms with Crippen LogP contribution in [-0.4, -0.2) is 44.3 Å². The maximum absolute atomic E-state index is 5.98. The van der Waals surface area contributed by atoms with E-state index in [0.717, 1.165) is 26.2 Å². The zero-order valence-electron chi connectivity index (χ0n) is 12.6. The number of nitrogens with zero attached hydrogens (tertiary/aromatic N) is 1. The van der Waals surface area contributed by atoms with E-state index in [-0.39, 0.29) is 12.1 Å². The van der Waals surface area contributed by atoms with Crippen molar-refractivity contribution in [2.45, 2.75) is 32.9 Å². The Morgan fingerprint density at radius 3 is 2.79 bits per heavy atom. The van der Waals surface area contributed by atoms with Crippen LogP contribution in [0, 0.1) is 13.8 Å². The van der Waals surface area contributed by atoms with Crippen LogP contribution in [0.3, 0.4) is 0 Å². The molecule has 0 spiro atoms. The molecule has 0 amide bonds. The Morgan fingerprint density at radius 1 is 1.37 bits per heavy atom. The summed E-state index contributed by atoms with van der Waals surface area (Å²) in [7, 11) is 2.02. The number of nitrogens with one attached hydrogen (secondary N) is 1. The molecular weight excluding hydrogens is 236 g/mol. The van der Waals surface area contributed by atoms with Gasteiger partial charge in [-0.15, -0.1) is 0 Å². The van der Waals surface area contributed by atoms with Crippen LogP contribution < -0.4 is 5.32 Å². The first-order valence-corrected chi connectivity index (χ1v) is 7.24. The van der Waals surface area contributed by atoms with Crippen molar-refractivity contribution in [1.82, 2.24) is 10.2 Å². The van der Waals surface area contributed by atoms with Crippen LogP contribution >= 0.6 is 0 Å². The summed E-state index contributed by atoms with van der Waals surface area (Å²) in [4.78, 5) is 2.46. The molecule has 3 heteroatoms. The Balaban J connectivity index is 2.16. The average Bonchev–Trinajstić information content (AvgIpc) is 2.44. The molecule has 0 saturated carbocycles. The van der Waals surface area contributed by atoms with Crippen molar-refractivity contribution in [2.24, 2.45) is 0 Å². The van der Waals surface area contributed by atoms with Gasteiger partial charge in [-0.25, -0.2) is 0 Å². The van der Waals surface area contributed by atoms with Crippen molar-refractivity contribution < 1.29 is 4.74 Å². The summed E-state index contributed by atoms with van der Waals surface area (Å²) in [5.74, 6) is 0. The molecular formula is C16H26N2O. The van der Waals surface area contributed by atoms with Gasteiger partial charge in [0.05, 0.1) is 18.8 Å². The zero-order chi connectivity index (χ0) is 13.8. The van der Waals surface area contributed by atoms with E-state index in [0.29, 0.717) is 0 Å². The van der Waals surface area contributed by atoms with Crippen LogP contribution in [0.2, 0.25) is 0 Å². The molecule has 1 aromatic carbocycles. The molecule has 0 aromatic heterocycles. The molecule has 2 rings (SSSR count). The maximum atomic E-state index is 5.98. The average molecular weight is 262 g/mol. The monoisotopic (exact) mass is 262 g/mol. The van der Waals surface area contributed by atoms with Crippen LogP contribution in [0.25, 0.3) is 0 Å². The largest absolute Gasteiger partial charge is 0.374 e. The molecule has 1 aromatic rings. The van der Waals surface area contributed by atoms with Crippen molar-refractivity contribution in [3.63, 3.8) is 0 Å². The molecule has 1 aliphatic rings. The number of likely N-dealkylation sites (N-methyl/N-ethyl adjacent to an activating group) is 2. The van der Waals surface area contributed by atoms with Gasteiger partial charge in [0, 0.05) is 13.1 Å². The summed E-state index contributed by atoms with van der Waals surface area (Å²) in [6.45, 7) is 10.5. The van der Waals surface area contributed by atoms with Gasteiger partial charge in [-0.05, 0) is 44.1 Å². The molecule has 106 valence electrons. The molecule has 2 atom stereocenters. The van der Waals surface area contributed by atoms with Gasteiger partial charge >= 0.3 is 0 Å². The van der Waals surface area contributed by atoms with Gasteiger partial charge < -0.3 is 10.1 Å². The molecule has 1 fully saturated rings. The molecule has 0 bridgehead atoms. The van der Waals surface area contributed by atoms with Crippen LogP contribution in [0.15, 0.2) is 18.2 Å². The lowest BCUT2D eigenvalue weighted by molar-refractivity contribution is -0.0444. The summed E-state index contributed by atoms with van der Waals surface area (Å²) in [6.07, 6.45) is 0.237. The number of hydrogen-bond donors (Lipinski definition) is 1. The quantitative estimate of drug-likeness (QED) is 0.901. The van der Waals surface area contributed by atoms with Gasteiger partial charge in [-0.2, -0.15) is 0 Å². The summed E-state index contributed by atoms with van der Waals surface area (Å²) < 4.78 is 5.98.